The number of phenolic OH excluding ortho intramolecular Hbond substituents is 1. The first-order valence-electron chi connectivity index (χ1n) is 23.6. The van der Waals surface area contributed by atoms with E-state index in [-0.39, 0.29) is 98.7 Å². The predicted molar refractivity (Wildman–Crippen MR) is 267 cm³/mol. The van der Waals surface area contributed by atoms with Gasteiger partial charge in [0.1, 0.15) is 11.8 Å². The molecule has 3 aliphatic heterocycles. The number of rotatable bonds is 18. The number of amides is 5. The average Bonchev–Trinajstić information content (AvgIpc) is 4.02. The Morgan fingerprint density at radius 1 is 0.931 bits per heavy atom. The van der Waals surface area contributed by atoms with E-state index in [0.717, 1.165) is 0 Å². The summed E-state index contributed by atoms with van der Waals surface area (Å²) < 4.78 is 6.22. The number of hydrogen-bond donors (Lipinski definition) is 7. The number of aliphatic hydroxyl groups excluding tert-OH is 2. The number of nitrogens with one attached hydrogen (secondary N) is 4. The number of anilines is 3. The topological polar surface area (TPSA) is 261 Å². The minimum atomic E-state index is -1.72. The summed E-state index contributed by atoms with van der Waals surface area (Å²) in [4.78, 5) is 108. The number of imide groups is 1. The highest BCUT2D eigenvalue weighted by Gasteiger charge is 2.82. The SMILES string of the molecule is C=C[C@H](CC(=O)[C@@H](NC(=O)CCCCCN1C(=O)CC(SC)C1=O)C(C)C)C(=O)Nc1ccc(C(=O)Nc2ccc3c(c2)C(=O)c2c(O)cc4c(c2C3=O)N[C@H]2C#C/C=C\C#C[C@@H](O)[C@@]43O[C@@]23[C@@H](C)O)cc1. The van der Waals surface area contributed by atoms with E-state index in [1.54, 1.807) is 20.1 Å². The van der Waals surface area contributed by atoms with Gasteiger partial charge < -0.3 is 41.3 Å². The predicted octanol–water partition coefficient (Wildman–Crippen LogP) is 4.39. The lowest BCUT2D eigenvalue weighted by Crippen LogP contribution is -2.54. The molecule has 1 unspecified atom stereocenters. The molecule has 8 atom stereocenters. The standard InChI is InChI=1S/C54H53N5O12S/c1-6-30(24-38(62)46(28(2)3)58-42(64)16-12-9-13-23-59-43(65)27-39(72-5)52(59)70)50(68)55-32-19-17-31(18-20-32)51(69)56-33-21-22-34-35(25-33)49(67)44-37(61)26-36-47(45(44)48(34)66)57-40-14-10-7-8-11-15-41(63)54(36)53(40,71-54)29(4)60/h6-8,17-22,25-26,28-30,39-41,46,57,60-61,63H,1,9,12-13,16,23-24,27H2,2-5H3,(H,55,68)(H,56,69)(H,58,64)/b8-7-/t29-,30-,39?,40+,41-,46+,53+,54+/m1/s1. The normalized spacial score (nSPS) is 23.7. The molecule has 0 saturated carbocycles. The molecule has 2 fully saturated rings. The van der Waals surface area contributed by atoms with Crippen LogP contribution >= 0.6 is 11.8 Å². The number of carbonyl (C=O) groups excluding carboxylic acids is 8. The van der Waals surface area contributed by atoms with Gasteiger partial charge >= 0.3 is 0 Å². The molecule has 18 heteroatoms. The molecule has 2 saturated heterocycles. The number of ketones is 3. The molecule has 3 aromatic carbocycles. The summed E-state index contributed by atoms with van der Waals surface area (Å²) in [6.45, 7) is 9.10. The second kappa shape index (κ2) is 20.4. The van der Waals surface area contributed by atoms with Crippen molar-refractivity contribution in [3.63, 3.8) is 0 Å². The van der Waals surface area contributed by atoms with E-state index in [1.165, 1.54) is 90.3 Å². The highest BCUT2D eigenvalue weighted by molar-refractivity contribution is 8.00. The highest BCUT2D eigenvalue weighted by atomic mass is 32.2. The first-order valence-corrected chi connectivity index (χ1v) is 24.8. The first kappa shape index (κ1) is 51.0. The minimum Gasteiger partial charge on any atom is -0.507 e. The summed E-state index contributed by atoms with van der Waals surface area (Å²) in [5.41, 5.74) is -2.97. The van der Waals surface area contributed by atoms with Crippen molar-refractivity contribution in [3.8, 4) is 29.4 Å². The summed E-state index contributed by atoms with van der Waals surface area (Å²) in [5, 5.41) is 45.0. The van der Waals surface area contributed by atoms with Gasteiger partial charge in [0.15, 0.2) is 34.7 Å². The molecule has 2 aliphatic carbocycles. The lowest BCUT2D eigenvalue weighted by atomic mass is 9.69. The van der Waals surface area contributed by atoms with E-state index >= 15 is 0 Å². The van der Waals surface area contributed by atoms with Gasteiger partial charge in [-0.1, -0.05) is 50.0 Å². The minimum absolute atomic E-state index is 0.0183. The van der Waals surface area contributed by atoms with Crippen LogP contribution in [0.25, 0.3) is 0 Å². The molecule has 72 heavy (non-hydrogen) atoms. The molecule has 17 nitrogen and oxygen atoms in total. The Hall–Kier alpha value is -7.35. The van der Waals surface area contributed by atoms with Gasteiger partial charge in [0.05, 0.1) is 40.1 Å². The Bertz CT molecular complexity index is 3000. The lowest BCUT2D eigenvalue weighted by molar-refractivity contribution is -0.138. The number of aromatic hydroxyl groups is 1. The van der Waals surface area contributed by atoms with Crippen LogP contribution in [-0.2, 0) is 34.3 Å². The fourth-order valence-electron chi connectivity index (χ4n) is 9.96. The molecule has 7 N–H and O–H groups in total. The van der Waals surface area contributed by atoms with Gasteiger partial charge in [0.2, 0.25) is 23.6 Å². The number of allylic oxidation sites excluding steroid dienone is 2. The smallest absolute Gasteiger partial charge is 0.255 e. The zero-order valence-electron chi connectivity index (χ0n) is 39.9. The van der Waals surface area contributed by atoms with Crippen LogP contribution in [0, 0.1) is 35.5 Å². The van der Waals surface area contributed by atoms with E-state index in [4.69, 9.17) is 4.74 Å². The van der Waals surface area contributed by atoms with Gasteiger partial charge in [0, 0.05) is 59.4 Å². The fourth-order valence-corrected chi connectivity index (χ4v) is 10.6. The second-order valence-corrected chi connectivity index (χ2v) is 19.7. The molecule has 0 radical (unpaired) electrons. The van der Waals surface area contributed by atoms with E-state index in [2.05, 4.69) is 51.5 Å². The number of nitrogens with zero attached hydrogens (tertiary/aromatic N) is 1. The highest BCUT2D eigenvalue weighted by Crippen LogP contribution is 2.67. The fraction of sp³-hybridized carbons (Fsp3) is 0.370. The molecule has 8 rings (SSSR count). The van der Waals surface area contributed by atoms with Crippen LogP contribution < -0.4 is 21.3 Å². The van der Waals surface area contributed by atoms with Crippen LogP contribution in [0.2, 0.25) is 0 Å². The van der Waals surface area contributed by atoms with Gasteiger partial charge in [-0.2, -0.15) is 11.8 Å². The number of ether oxygens (including phenoxy) is 1. The van der Waals surface area contributed by atoms with Crippen molar-refractivity contribution in [3.05, 3.63) is 107 Å². The Kier molecular flexibility index (Phi) is 14.5. The Morgan fingerprint density at radius 3 is 2.29 bits per heavy atom. The second-order valence-electron chi connectivity index (χ2n) is 18.6. The van der Waals surface area contributed by atoms with Crippen molar-refractivity contribution in [2.24, 2.45) is 11.8 Å². The van der Waals surface area contributed by atoms with Crippen LogP contribution in [0.5, 0.6) is 5.75 Å². The molecule has 3 aromatic rings. The van der Waals surface area contributed by atoms with Crippen molar-refractivity contribution < 1.29 is 58.4 Å². The third-order valence-corrected chi connectivity index (χ3v) is 14.7. The quantitative estimate of drug-likeness (QED) is 0.0182. The maximum atomic E-state index is 14.4. The Balaban J connectivity index is 0.877. The Morgan fingerprint density at radius 2 is 1.62 bits per heavy atom. The molecule has 5 amide bonds. The molecule has 3 heterocycles. The van der Waals surface area contributed by atoms with Gasteiger partial charge in [0.25, 0.3) is 5.91 Å². The van der Waals surface area contributed by atoms with Crippen LogP contribution in [0.15, 0.2) is 73.3 Å². The number of thioether (sulfide) groups is 1. The van der Waals surface area contributed by atoms with Crippen LogP contribution in [0.4, 0.5) is 17.1 Å². The molecule has 0 spiro atoms. The van der Waals surface area contributed by atoms with Crippen molar-refractivity contribution >= 4 is 75.7 Å². The number of carbonyl (C=O) groups is 8. The van der Waals surface area contributed by atoms with Crippen LogP contribution in [-0.4, -0.2) is 115 Å². The maximum absolute atomic E-state index is 14.4. The third-order valence-electron chi connectivity index (χ3n) is 13.8. The van der Waals surface area contributed by atoms with Crippen molar-refractivity contribution in [2.75, 3.05) is 28.8 Å². The molecular weight excluding hydrogens is 943 g/mol. The van der Waals surface area contributed by atoms with Gasteiger partial charge in [-0.15, -0.1) is 6.58 Å². The summed E-state index contributed by atoms with van der Waals surface area (Å²) in [5.74, 6) is 5.89. The monoisotopic (exact) mass is 995 g/mol. The summed E-state index contributed by atoms with van der Waals surface area (Å²) in [7, 11) is 0. The number of phenols is 1. The third kappa shape index (κ3) is 9.11. The number of unbranched alkanes of at least 4 members (excludes halogenated alkanes) is 2. The molecular formula is C54H53N5O12S. The Labute approximate surface area is 419 Å². The summed E-state index contributed by atoms with van der Waals surface area (Å²) in [6, 6.07) is 9.42. The van der Waals surface area contributed by atoms with Crippen molar-refractivity contribution in [1.82, 2.24) is 10.2 Å². The van der Waals surface area contributed by atoms with E-state index in [1.807, 2.05) is 0 Å². The zero-order valence-corrected chi connectivity index (χ0v) is 40.7. The molecule has 0 aromatic heterocycles. The van der Waals surface area contributed by atoms with E-state index < -0.39 is 70.5 Å². The average molecular weight is 996 g/mol. The zero-order chi connectivity index (χ0) is 51.8. The van der Waals surface area contributed by atoms with Crippen LogP contribution in [0.1, 0.15) is 107 Å². The van der Waals surface area contributed by atoms with Gasteiger partial charge in [-0.05, 0) is 92.6 Å². The van der Waals surface area contributed by atoms with Gasteiger partial charge in [-0.25, -0.2) is 0 Å². The number of aliphatic hydroxyl groups is 2. The molecule has 5 aliphatic rings. The molecule has 372 valence electrons. The van der Waals surface area contributed by atoms with Crippen LogP contribution in [0.3, 0.4) is 0 Å². The van der Waals surface area contributed by atoms with E-state index in [0.29, 0.717) is 31.5 Å². The van der Waals surface area contributed by atoms with Crippen molar-refractivity contribution in [2.45, 2.75) is 100 Å². The largest absolute Gasteiger partial charge is 0.507 e. The lowest BCUT2D eigenvalue weighted by Gasteiger charge is -2.37. The number of epoxide rings is 1. The number of fused-ring (bicyclic) bond motifs is 4. The maximum Gasteiger partial charge on any atom is 0.255 e. The summed E-state index contributed by atoms with van der Waals surface area (Å²) in [6.07, 6.45) is 5.10. The first-order chi connectivity index (χ1) is 34.4. The number of likely N-dealkylation sites (tertiary alicyclic amines) is 1. The number of hydrogen-bond acceptors (Lipinski definition) is 14. The number of Topliss-reactive ketones (excluding diaryl/α,β-unsaturated/α-hetero) is 1. The number of benzene rings is 3. The van der Waals surface area contributed by atoms with Crippen molar-refractivity contribution in [1.29, 1.82) is 0 Å². The van der Waals surface area contributed by atoms with Gasteiger partial charge in [-0.3, -0.25) is 43.3 Å². The molecule has 2 bridgehead atoms. The van der Waals surface area contributed by atoms with E-state index in [9.17, 15) is 53.7 Å². The summed E-state index contributed by atoms with van der Waals surface area (Å²) >= 11 is 1.36.